The molecule has 156 valence electrons. The minimum Gasteiger partial charge on any atom is -0.380 e. The molecule has 1 aliphatic heterocycles. The fraction of sp³-hybridized carbons (Fsp3) is 0.292. The van der Waals surface area contributed by atoms with Crippen molar-refractivity contribution < 1.29 is 22.7 Å². The van der Waals surface area contributed by atoms with Gasteiger partial charge < -0.3 is 10.1 Å². The molecule has 0 spiro atoms. The Labute approximate surface area is 173 Å². The summed E-state index contributed by atoms with van der Waals surface area (Å²) in [5.74, 6) is -0.472. The third-order valence-electron chi connectivity index (χ3n) is 5.86. The average molecular weight is 413 g/mol. The Morgan fingerprint density at radius 3 is 2.47 bits per heavy atom. The van der Waals surface area contributed by atoms with Crippen molar-refractivity contribution in [3.8, 4) is 0 Å². The molecular weight excluding hydrogens is 391 g/mol. The third kappa shape index (κ3) is 3.92. The third-order valence-corrected chi connectivity index (χ3v) is 5.86. The van der Waals surface area contributed by atoms with Crippen LogP contribution in [0, 0.1) is 5.92 Å². The van der Waals surface area contributed by atoms with Gasteiger partial charge in [-0.3, -0.25) is 4.79 Å². The van der Waals surface area contributed by atoms with E-state index in [2.05, 4.69) is 5.32 Å². The number of amides is 1. The topological polar surface area (TPSA) is 38.3 Å². The Morgan fingerprint density at radius 1 is 1.10 bits per heavy atom. The molecule has 0 bridgehead atoms. The number of nitrogens with one attached hydrogen (secondary N) is 1. The lowest BCUT2D eigenvalue weighted by atomic mass is 9.72. The second-order valence-electron chi connectivity index (χ2n) is 7.85. The van der Waals surface area contributed by atoms with Crippen LogP contribution < -0.4 is 5.32 Å². The highest BCUT2D eigenvalue weighted by molar-refractivity contribution is 5.95. The van der Waals surface area contributed by atoms with Crippen molar-refractivity contribution in [2.75, 3.05) is 13.2 Å². The van der Waals surface area contributed by atoms with Crippen LogP contribution in [0.3, 0.4) is 0 Å². The zero-order chi connectivity index (χ0) is 21.4. The summed E-state index contributed by atoms with van der Waals surface area (Å²) in [7, 11) is 0. The Morgan fingerprint density at radius 2 is 1.83 bits per heavy atom. The fourth-order valence-electron chi connectivity index (χ4n) is 3.96. The number of hydrogen-bond acceptors (Lipinski definition) is 2. The van der Waals surface area contributed by atoms with Crippen LogP contribution in [0.5, 0.6) is 0 Å². The molecule has 2 aliphatic rings. The lowest BCUT2D eigenvalue weighted by molar-refractivity contribution is -0.137. The number of carbonyl (C=O) groups is 1. The first-order chi connectivity index (χ1) is 14.3. The van der Waals surface area contributed by atoms with E-state index in [1.165, 1.54) is 12.1 Å². The highest BCUT2D eigenvalue weighted by atomic mass is 19.4. The Hall–Kier alpha value is -2.86. The molecule has 1 heterocycles. The molecule has 1 fully saturated rings. The highest BCUT2D eigenvalue weighted by Gasteiger charge is 2.44. The number of benzene rings is 2. The summed E-state index contributed by atoms with van der Waals surface area (Å²) >= 11 is 0. The van der Waals surface area contributed by atoms with Crippen LogP contribution in [0.15, 0.2) is 72.3 Å². The van der Waals surface area contributed by atoms with Gasteiger partial charge in [-0.1, -0.05) is 48.6 Å². The molecule has 0 radical (unpaired) electrons. The van der Waals surface area contributed by atoms with Gasteiger partial charge in [0, 0.05) is 17.9 Å². The molecular formula is C24H22F3NO2. The molecule has 1 unspecified atom stereocenters. The van der Waals surface area contributed by atoms with Crippen LogP contribution in [0.25, 0.3) is 5.57 Å². The molecule has 2 aromatic rings. The molecule has 6 heteroatoms. The molecule has 1 saturated heterocycles. The van der Waals surface area contributed by atoms with E-state index in [9.17, 15) is 18.0 Å². The minimum atomic E-state index is -4.50. The van der Waals surface area contributed by atoms with E-state index in [4.69, 9.17) is 4.74 Å². The van der Waals surface area contributed by atoms with Gasteiger partial charge in [-0.05, 0) is 41.8 Å². The first-order valence-corrected chi connectivity index (χ1v) is 9.80. The number of carbonyl (C=O) groups excluding carboxylic acids is 1. The van der Waals surface area contributed by atoms with E-state index >= 15 is 0 Å². The fourth-order valence-corrected chi connectivity index (χ4v) is 3.96. The summed E-state index contributed by atoms with van der Waals surface area (Å²) in [5.41, 5.74) is 1.72. The zero-order valence-corrected chi connectivity index (χ0v) is 16.5. The van der Waals surface area contributed by atoms with Gasteiger partial charge >= 0.3 is 6.18 Å². The van der Waals surface area contributed by atoms with Crippen molar-refractivity contribution in [2.45, 2.75) is 25.1 Å². The quantitative estimate of drug-likeness (QED) is 0.743. The monoisotopic (exact) mass is 413 g/mol. The second-order valence-corrected chi connectivity index (χ2v) is 7.85. The predicted molar refractivity (Wildman–Crippen MR) is 109 cm³/mol. The van der Waals surface area contributed by atoms with Crippen molar-refractivity contribution >= 4 is 11.5 Å². The van der Waals surface area contributed by atoms with Gasteiger partial charge in [0.05, 0.1) is 24.3 Å². The maximum Gasteiger partial charge on any atom is 0.416 e. The second kappa shape index (κ2) is 7.76. The van der Waals surface area contributed by atoms with Gasteiger partial charge in [-0.2, -0.15) is 13.2 Å². The molecule has 1 atom stereocenters. The number of hydrogen-bond donors (Lipinski definition) is 1. The first-order valence-electron chi connectivity index (χ1n) is 9.80. The lowest BCUT2D eigenvalue weighted by Crippen LogP contribution is -2.59. The molecule has 3 nitrogen and oxygen atoms in total. The average Bonchev–Trinajstić information content (AvgIpc) is 2.68. The Kier molecular flexibility index (Phi) is 5.28. The largest absolute Gasteiger partial charge is 0.416 e. The smallest absolute Gasteiger partial charge is 0.380 e. The van der Waals surface area contributed by atoms with E-state index in [1.807, 2.05) is 49.4 Å². The lowest BCUT2D eigenvalue weighted by Gasteiger charge is -2.46. The van der Waals surface area contributed by atoms with Crippen molar-refractivity contribution in [2.24, 2.45) is 5.92 Å². The van der Waals surface area contributed by atoms with Gasteiger partial charge in [0.15, 0.2) is 0 Å². The summed E-state index contributed by atoms with van der Waals surface area (Å²) in [5, 5.41) is 3.04. The van der Waals surface area contributed by atoms with Crippen molar-refractivity contribution in [1.29, 1.82) is 0 Å². The van der Waals surface area contributed by atoms with E-state index in [1.54, 1.807) is 0 Å². The Bertz CT molecular complexity index is 1010. The van der Waals surface area contributed by atoms with Gasteiger partial charge in [0.25, 0.3) is 5.91 Å². The first kappa shape index (κ1) is 20.4. The molecule has 30 heavy (non-hydrogen) atoms. The molecule has 1 amide bonds. The molecule has 1 aliphatic carbocycles. The maximum absolute atomic E-state index is 13.1. The maximum atomic E-state index is 13.1. The molecule has 2 aromatic carbocycles. The molecule has 0 aromatic heterocycles. The van der Waals surface area contributed by atoms with Crippen LogP contribution in [0.1, 0.15) is 34.8 Å². The summed E-state index contributed by atoms with van der Waals surface area (Å²) in [6.07, 6.45) is 0.00295. The van der Waals surface area contributed by atoms with Gasteiger partial charge in [0.1, 0.15) is 0 Å². The van der Waals surface area contributed by atoms with Gasteiger partial charge in [-0.25, -0.2) is 0 Å². The van der Waals surface area contributed by atoms with Crippen molar-refractivity contribution in [1.82, 2.24) is 5.32 Å². The van der Waals surface area contributed by atoms with Crippen LogP contribution in [0.4, 0.5) is 13.2 Å². The van der Waals surface area contributed by atoms with Gasteiger partial charge in [0.2, 0.25) is 0 Å². The number of rotatable bonds is 4. The van der Waals surface area contributed by atoms with Gasteiger partial charge in [-0.15, -0.1) is 0 Å². The summed E-state index contributed by atoms with van der Waals surface area (Å²) in [6.45, 7) is 3.01. The summed E-state index contributed by atoms with van der Waals surface area (Å²) < 4.78 is 44.6. The van der Waals surface area contributed by atoms with Crippen LogP contribution in [-0.2, 0) is 10.9 Å². The number of ether oxygens (including phenoxy) is 1. The van der Waals surface area contributed by atoms with Crippen molar-refractivity contribution in [3.63, 3.8) is 0 Å². The SMILES string of the molecule is CC1=C(c2ccccc2)CC(NC(=O)c2cccc(C(F)(F)F)c2)(C2COC2)C=C1. The van der Waals surface area contributed by atoms with E-state index < -0.39 is 23.2 Å². The number of halogens is 3. The van der Waals surface area contributed by atoms with E-state index in [0.717, 1.165) is 28.8 Å². The summed E-state index contributed by atoms with van der Waals surface area (Å²) in [6, 6.07) is 14.4. The number of alkyl halides is 3. The predicted octanol–water partition coefficient (Wildman–Crippen LogP) is 5.25. The number of allylic oxidation sites excluding steroid dienone is 2. The van der Waals surface area contributed by atoms with Crippen molar-refractivity contribution in [3.05, 3.63) is 89.0 Å². The molecule has 4 rings (SSSR count). The Balaban J connectivity index is 1.65. The van der Waals surface area contributed by atoms with Crippen LogP contribution in [0.2, 0.25) is 0 Å². The van der Waals surface area contributed by atoms with Crippen LogP contribution in [-0.4, -0.2) is 24.7 Å². The normalized spacial score (nSPS) is 22.0. The zero-order valence-electron chi connectivity index (χ0n) is 16.5. The summed E-state index contributed by atoms with van der Waals surface area (Å²) in [4.78, 5) is 13.0. The van der Waals surface area contributed by atoms with E-state index in [0.29, 0.717) is 19.6 Å². The van der Waals surface area contributed by atoms with E-state index in [-0.39, 0.29) is 11.5 Å². The standard InChI is InChI=1S/C24H22F3NO2/c1-16-10-11-23(20-14-30-15-20,13-21(16)17-6-3-2-4-7-17)28-22(29)18-8-5-9-19(12-18)24(25,26)27/h2-12,20H,13-15H2,1H3,(H,28,29). The van der Waals surface area contributed by atoms with Crippen LogP contribution >= 0.6 is 0 Å². The highest BCUT2D eigenvalue weighted by Crippen LogP contribution is 2.40. The minimum absolute atomic E-state index is 0.00891. The molecule has 1 N–H and O–H groups in total. The molecule has 0 saturated carbocycles.